The Morgan fingerprint density at radius 2 is 1.63 bits per heavy atom. The molecule has 1 atom stereocenters. The van der Waals surface area contributed by atoms with E-state index >= 15 is 0 Å². The summed E-state index contributed by atoms with van der Waals surface area (Å²) in [5.74, 6) is 0.653. The molecular formula is C29H31N3O2S. The molecule has 1 aliphatic rings. The number of carbonyl (C=O) groups excluding carboxylic acids is 1. The number of piperazine rings is 1. The molecule has 1 amide bonds. The number of rotatable bonds is 6. The highest BCUT2D eigenvalue weighted by molar-refractivity contribution is 7.98. The van der Waals surface area contributed by atoms with Crippen molar-refractivity contribution in [3.8, 4) is 0 Å². The van der Waals surface area contributed by atoms with Crippen LogP contribution in [-0.4, -0.2) is 55.2 Å². The first kappa shape index (κ1) is 23.7. The van der Waals surface area contributed by atoms with Gasteiger partial charge in [0.15, 0.2) is 0 Å². The second-order valence-electron chi connectivity index (χ2n) is 9.17. The van der Waals surface area contributed by atoms with Gasteiger partial charge in [-0.25, -0.2) is 0 Å². The highest BCUT2D eigenvalue weighted by Crippen LogP contribution is 2.41. The Morgan fingerprint density at radius 1 is 0.943 bits per heavy atom. The summed E-state index contributed by atoms with van der Waals surface area (Å²) >= 11 is 1.73. The predicted octanol–water partition coefficient (Wildman–Crippen LogP) is 6.05. The van der Waals surface area contributed by atoms with E-state index in [1.54, 1.807) is 11.8 Å². The maximum atomic E-state index is 13.3. The van der Waals surface area contributed by atoms with Gasteiger partial charge in [-0.15, -0.1) is 11.8 Å². The van der Waals surface area contributed by atoms with E-state index in [1.165, 1.54) is 4.90 Å². The fourth-order valence-corrected chi connectivity index (χ4v) is 5.08. The minimum atomic E-state index is -0.132. The number of nitrogens with one attached hydrogen (secondary N) is 1. The molecule has 1 N–H and O–H groups in total. The van der Waals surface area contributed by atoms with Gasteiger partial charge in [0.05, 0.1) is 11.7 Å². The first-order valence-electron chi connectivity index (χ1n) is 12.0. The van der Waals surface area contributed by atoms with Crippen LogP contribution in [0.1, 0.15) is 33.3 Å². The van der Waals surface area contributed by atoms with Gasteiger partial charge in [0.2, 0.25) is 0 Å². The van der Waals surface area contributed by atoms with Crippen molar-refractivity contribution in [2.45, 2.75) is 17.9 Å². The Hall–Kier alpha value is -3.06. The van der Waals surface area contributed by atoms with Gasteiger partial charge in [-0.2, -0.15) is 0 Å². The van der Waals surface area contributed by atoms with Crippen LogP contribution in [-0.2, 0) is 0 Å². The van der Waals surface area contributed by atoms with Crippen LogP contribution in [0.15, 0.2) is 82.1 Å². The molecule has 0 radical (unpaired) electrons. The number of hydrogen-bond acceptors (Lipinski definition) is 5. The second kappa shape index (κ2) is 10.3. The largest absolute Gasteiger partial charge is 0.457 e. The molecule has 180 valence electrons. The molecule has 6 heteroatoms. The van der Waals surface area contributed by atoms with Crippen LogP contribution in [0.3, 0.4) is 0 Å². The van der Waals surface area contributed by atoms with Crippen LogP contribution in [0, 0.1) is 6.92 Å². The number of hydrogen-bond donors (Lipinski definition) is 1. The zero-order valence-corrected chi connectivity index (χ0v) is 21.3. The van der Waals surface area contributed by atoms with Crippen molar-refractivity contribution in [2.24, 2.45) is 0 Å². The number of carbonyl (C=O) groups is 1. The summed E-state index contributed by atoms with van der Waals surface area (Å²) < 4.78 is 6.53. The zero-order valence-electron chi connectivity index (χ0n) is 20.5. The summed E-state index contributed by atoms with van der Waals surface area (Å²) in [6, 6.07) is 24.2. The minimum absolute atomic E-state index is 0.0969. The molecule has 0 spiro atoms. The SMILES string of the molecule is CSc1ccc([C@H](c2oc3ccccc3c2NC(=O)c2ccc(C)cc2)N2CCN(C)CC2)cc1. The summed E-state index contributed by atoms with van der Waals surface area (Å²) in [7, 11) is 2.16. The van der Waals surface area contributed by atoms with E-state index in [9.17, 15) is 4.79 Å². The van der Waals surface area contributed by atoms with Crippen molar-refractivity contribution in [1.82, 2.24) is 9.80 Å². The standard InChI is InChI=1S/C29H31N3O2S/c1-20-8-10-22(11-9-20)29(33)30-26-24-6-4-5-7-25(24)34-28(26)27(32-18-16-31(2)17-19-32)21-12-14-23(35-3)15-13-21/h4-15,27H,16-19H2,1-3H3,(H,30,33)/t27-/m1/s1. The molecule has 0 saturated carbocycles. The highest BCUT2D eigenvalue weighted by atomic mass is 32.2. The van der Waals surface area contributed by atoms with Gasteiger partial charge in [-0.3, -0.25) is 9.69 Å². The molecule has 1 fully saturated rings. The number of fused-ring (bicyclic) bond motifs is 1. The monoisotopic (exact) mass is 485 g/mol. The van der Waals surface area contributed by atoms with E-state index < -0.39 is 0 Å². The Balaban J connectivity index is 1.60. The van der Waals surface area contributed by atoms with E-state index in [4.69, 9.17) is 4.42 Å². The summed E-state index contributed by atoms with van der Waals surface area (Å²) in [5.41, 5.74) is 4.45. The average molecular weight is 486 g/mol. The number of nitrogens with zero attached hydrogens (tertiary/aromatic N) is 2. The highest BCUT2D eigenvalue weighted by Gasteiger charge is 2.32. The number of furan rings is 1. The first-order chi connectivity index (χ1) is 17.0. The van der Waals surface area contributed by atoms with Gasteiger partial charge in [0.1, 0.15) is 11.3 Å². The van der Waals surface area contributed by atoms with Crippen molar-refractivity contribution in [2.75, 3.05) is 44.8 Å². The van der Waals surface area contributed by atoms with Gasteiger partial charge in [0.25, 0.3) is 5.91 Å². The summed E-state index contributed by atoms with van der Waals surface area (Å²) in [4.78, 5) is 19.3. The molecule has 2 heterocycles. The first-order valence-corrected chi connectivity index (χ1v) is 13.2. The van der Waals surface area contributed by atoms with Crippen LogP contribution >= 0.6 is 11.8 Å². The molecule has 3 aromatic carbocycles. The summed E-state index contributed by atoms with van der Waals surface area (Å²) in [5, 5.41) is 4.14. The van der Waals surface area contributed by atoms with E-state index in [1.807, 2.05) is 55.5 Å². The molecule has 1 aromatic heterocycles. The minimum Gasteiger partial charge on any atom is -0.457 e. The van der Waals surface area contributed by atoms with Crippen molar-refractivity contribution in [1.29, 1.82) is 0 Å². The van der Waals surface area contributed by atoms with E-state index in [-0.39, 0.29) is 11.9 Å². The van der Waals surface area contributed by atoms with Crippen LogP contribution in [0.5, 0.6) is 0 Å². The lowest BCUT2D eigenvalue weighted by Gasteiger charge is -2.37. The third-order valence-corrected chi connectivity index (χ3v) is 7.50. The van der Waals surface area contributed by atoms with E-state index in [0.29, 0.717) is 5.56 Å². The van der Waals surface area contributed by atoms with Crippen molar-refractivity contribution in [3.05, 3.63) is 95.2 Å². The fraction of sp³-hybridized carbons (Fsp3) is 0.276. The van der Waals surface area contributed by atoms with Gasteiger partial charge < -0.3 is 14.6 Å². The number of aryl methyl sites for hydroxylation is 1. The van der Waals surface area contributed by atoms with E-state index in [0.717, 1.165) is 59.7 Å². The van der Waals surface area contributed by atoms with Crippen molar-refractivity contribution in [3.63, 3.8) is 0 Å². The second-order valence-corrected chi connectivity index (χ2v) is 10.1. The number of thioether (sulfide) groups is 1. The number of anilines is 1. The average Bonchev–Trinajstić information content (AvgIpc) is 3.24. The van der Waals surface area contributed by atoms with Crippen LogP contribution in [0.2, 0.25) is 0 Å². The Bertz CT molecular complexity index is 1310. The van der Waals surface area contributed by atoms with Crippen molar-refractivity contribution >= 4 is 34.3 Å². The number of para-hydroxylation sites is 1. The Morgan fingerprint density at radius 3 is 2.31 bits per heavy atom. The Labute approximate surface area is 211 Å². The van der Waals surface area contributed by atoms with Gasteiger partial charge >= 0.3 is 0 Å². The lowest BCUT2D eigenvalue weighted by Crippen LogP contribution is -2.46. The molecule has 1 aliphatic heterocycles. The maximum Gasteiger partial charge on any atom is 0.255 e. The lowest BCUT2D eigenvalue weighted by atomic mass is 10.00. The molecule has 0 bridgehead atoms. The number of likely N-dealkylation sites (N-methyl/N-ethyl adjacent to an activating group) is 1. The van der Waals surface area contributed by atoms with Crippen LogP contribution in [0.4, 0.5) is 5.69 Å². The molecule has 35 heavy (non-hydrogen) atoms. The third-order valence-electron chi connectivity index (χ3n) is 6.76. The maximum absolute atomic E-state index is 13.3. The van der Waals surface area contributed by atoms with Gasteiger partial charge in [0, 0.05) is 42.0 Å². The molecule has 5 rings (SSSR count). The molecule has 0 aliphatic carbocycles. The quantitative estimate of drug-likeness (QED) is 0.337. The van der Waals surface area contributed by atoms with Gasteiger partial charge in [-0.1, -0.05) is 42.0 Å². The smallest absolute Gasteiger partial charge is 0.255 e. The zero-order chi connectivity index (χ0) is 24.4. The van der Waals surface area contributed by atoms with Gasteiger partial charge in [-0.05, 0) is 62.2 Å². The van der Waals surface area contributed by atoms with Crippen LogP contribution < -0.4 is 5.32 Å². The lowest BCUT2D eigenvalue weighted by molar-refractivity contribution is 0.102. The third kappa shape index (κ3) is 5.01. The topological polar surface area (TPSA) is 48.7 Å². The fourth-order valence-electron chi connectivity index (χ4n) is 4.67. The normalized spacial score (nSPS) is 15.9. The molecule has 1 saturated heterocycles. The summed E-state index contributed by atoms with van der Waals surface area (Å²) in [6.45, 7) is 5.85. The molecular weight excluding hydrogens is 454 g/mol. The van der Waals surface area contributed by atoms with E-state index in [2.05, 4.69) is 52.7 Å². The molecule has 5 nitrogen and oxygen atoms in total. The predicted molar refractivity (Wildman–Crippen MR) is 144 cm³/mol. The summed E-state index contributed by atoms with van der Waals surface area (Å²) in [6.07, 6.45) is 2.09. The number of amides is 1. The number of benzene rings is 3. The molecule has 0 unspecified atom stereocenters. The van der Waals surface area contributed by atoms with Crippen molar-refractivity contribution < 1.29 is 9.21 Å². The molecule has 4 aromatic rings. The van der Waals surface area contributed by atoms with Crippen LogP contribution in [0.25, 0.3) is 11.0 Å². The Kier molecular flexibility index (Phi) is 6.95.